The zero-order valence-electron chi connectivity index (χ0n) is 12.4. The number of nitrogens with zero attached hydrogens (tertiary/aromatic N) is 2. The topological polar surface area (TPSA) is 50.9 Å². The molecule has 112 valence electrons. The lowest BCUT2D eigenvalue weighted by Crippen LogP contribution is -2.36. The molecule has 2 N–H and O–H groups in total. The Morgan fingerprint density at radius 2 is 2.10 bits per heavy atom. The molecule has 0 aromatic heterocycles. The van der Waals surface area contributed by atoms with Crippen LogP contribution in [0.25, 0.3) is 0 Å². The van der Waals surface area contributed by atoms with Gasteiger partial charge in [0.1, 0.15) is 11.9 Å². The van der Waals surface area contributed by atoms with E-state index in [1.54, 1.807) is 0 Å². The average molecular weight is 389 g/mol. The molecule has 0 amide bonds. The zero-order valence-corrected chi connectivity index (χ0v) is 14.7. The maximum absolute atomic E-state index is 5.95. The molecular formula is C15H24IN3O. The molecule has 1 atom stereocenters. The van der Waals surface area contributed by atoms with Crippen LogP contribution in [0.5, 0.6) is 5.75 Å². The van der Waals surface area contributed by atoms with Gasteiger partial charge < -0.3 is 15.4 Å². The second-order valence-corrected chi connectivity index (χ2v) is 5.23. The van der Waals surface area contributed by atoms with Crippen molar-refractivity contribution in [1.29, 1.82) is 0 Å². The number of nitrogens with two attached hydrogens (primary N) is 1. The molecule has 0 aliphatic heterocycles. The first kappa shape index (κ1) is 17.1. The fraction of sp³-hybridized carbons (Fsp3) is 0.533. The Kier molecular flexibility index (Phi) is 6.58. The largest absolute Gasteiger partial charge is 0.489 e. The van der Waals surface area contributed by atoms with Gasteiger partial charge in [0, 0.05) is 13.1 Å². The monoisotopic (exact) mass is 389 g/mol. The van der Waals surface area contributed by atoms with E-state index in [1.165, 1.54) is 12.8 Å². The van der Waals surface area contributed by atoms with Crippen molar-refractivity contribution in [2.45, 2.75) is 38.8 Å². The highest BCUT2D eigenvalue weighted by molar-refractivity contribution is 14.0. The Balaban J connectivity index is 0.00000200. The quantitative estimate of drug-likeness (QED) is 0.479. The molecule has 1 fully saturated rings. The standard InChI is InChI=1S/C15H23N3O.HI/c1-11-6-4-5-7-14(11)19-12(2)10-17-15(16)18(3)13-8-9-13;/h4-7,12-13H,8-10H2,1-3H3,(H2,16,17);1H. The second-order valence-electron chi connectivity index (χ2n) is 5.23. The maximum atomic E-state index is 5.95. The Bertz CT molecular complexity index is 460. The molecule has 4 nitrogen and oxygen atoms in total. The summed E-state index contributed by atoms with van der Waals surface area (Å²) in [5, 5.41) is 0. The number of ether oxygens (including phenoxy) is 1. The van der Waals surface area contributed by atoms with E-state index in [0.717, 1.165) is 11.3 Å². The molecule has 0 bridgehead atoms. The zero-order chi connectivity index (χ0) is 13.8. The highest BCUT2D eigenvalue weighted by Gasteiger charge is 2.27. The van der Waals surface area contributed by atoms with Crippen LogP contribution in [0, 0.1) is 6.92 Å². The molecule has 0 radical (unpaired) electrons. The van der Waals surface area contributed by atoms with Crippen LogP contribution >= 0.6 is 24.0 Å². The summed E-state index contributed by atoms with van der Waals surface area (Å²) < 4.78 is 5.87. The van der Waals surface area contributed by atoms with Gasteiger partial charge >= 0.3 is 0 Å². The fourth-order valence-electron chi connectivity index (χ4n) is 1.93. The predicted octanol–water partition coefficient (Wildman–Crippen LogP) is 2.79. The van der Waals surface area contributed by atoms with E-state index in [-0.39, 0.29) is 30.1 Å². The van der Waals surface area contributed by atoms with Crippen LogP contribution in [-0.4, -0.2) is 36.6 Å². The van der Waals surface area contributed by atoms with Gasteiger partial charge in [-0.15, -0.1) is 24.0 Å². The number of rotatable bonds is 5. The van der Waals surface area contributed by atoms with Crippen molar-refractivity contribution in [2.75, 3.05) is 13.6 Å². The smallest absolute Gasteiger partial charge is 0.191 e. The van der Waals surface area contributed by atoms with Gasteiger partial charge in [-0.1, -0.05) is 18.2 Å². The number of guanidine groups is 1. The van der Waals surface area contributed by atoms with Crippen LogP contribution in [0.1, 0.15) is 25.3 Å². The molecule has 1 aromatic carbocycles. The number of benzene rings is 1. The summed E-state index contributed by atoms with van der Waals surface area (Å²) in [6.07, 6.45) is 2.47. The van der Waals surface area contributed by atoms with Gasteiger partial charge in [-0.3, -0.25) is 0 Å². The average Bonchev–Trinajstić information content (AvgIpc) is 3.22. The SMILES string of the molecule is Cc1ccccc1OC(C)CN=C(N)N(C)C1CC1.I. The highest BCUT2D eigenvalue weighted by atomic mass is 127. The summed E-state index contributed by atoms with van der Waals surface area (Å²) in [6.45, 7) is 4.64. The van der Waals surface area contributed by atoms with Crippen molar-refractivity contribution in [3.05, 3.63) is 29.8 Å². The number of hydrogen-bond acceptors (Lipinski definition) is 2. The van der Waals surface area contributed by atoms with Crippen LogP contribution in [0.3, 0.4) is 0 Å². The molecule has 1 unspecified atom stereocenters. The van der Waals surface area contributed by atoms with Crippen LogP contribution in [0.4, 0.5) is 0 Å². The molecule has 1 aromatic rings. The molecule has 1 saturated carbocycles. The molecule has 5 heteroatoms. The lowest BCUT2D eigenvalue weighted by molar-refractivity contribution is 0.228. The highest BCUT2D eigenvalue weighted by Crippen LogP contribution is 2.24. The van der Waals surface area contributed by atoms with E-state index in [4.69, 9.17) is 10.5 Å². The van der Waals surface area contributed by atoms with Crippen molar-refractivity contribution >= 4 is 29.9 Å². The van der Waals surface area contributed by atoms with Crippen molar-refractivity contribution in [2.24, 2.45) is 10.7 Å². The van der Waals surface area contributed by atoms with Gasteiger partial charge in [-0.25, -0.2) is 4.99 Å². The van der Waals surface area contributed by atoms with E-state index < -0.39 is 0 Å². The third kappa shape index (κ3) is 4.85. The van der Waals surface area contributed by atoms with Gasteiger partial charge in [-0.2, -0.15) is 0 Å². The summed E-state index contributed by atoms with van der Waals surface area (Å²) in [5.41, 5.74) is 7.09. The number of hydrogen-bond donors (Lipinski definition) is 1. The first-order valence-electron chi connectivity index (χ1n) is 6.83. The van der Waals surface area contributed by atoms with Crippen molar-refractivity contribution in [1.82, 2.24) is 4.90 Å². The van der Waals surface area contributed by atoms with Gasteiger partial charge in [0.05, 0.1) is 6.54 Å². The number of para-hydroxylation sites is 1. The van der Waals surface area contributed by atoms with E-state index in [9.17, 15) is 0 Å². The summed E-state index contributed by atoms with van der Waals surface area (Å²) >= 11 is 0. The van der Waals surface area contributed by atoms with Crippen molar-refractivity contribution < 1.29 is 4.74 Å². The third-order valence-electron chi connectivity index (χ3n) is 3.39. The van der Waals surface area contributed by atoms with E-state index in [1.807, 2.05) is 45.2 Å². The molecular weight excluding hydrogens is 365 g/mol. The fourth-order valence-corrected chi connectivity index (χ4v) is 1.93. The minimum Gasteiger partial charge on any atom is -0.489 e. The summed E-state index contributed by atoms with van der Waals surface area (Å²) in [7, 11) is 2.00. The Morgan fingerprint density at radius 1 is 1.45 bits per heavy atom. The minimum atomic E-state index is 0. The van der Waals surface area contributed by atoms with Gasteiger partial charge in [0.25, 0.3) is 0 Å². The molecule has 20 heavy (non-hydrogen) atoms. The van der Waals surface area contributed by atoms with Crippen LogP contribution in [0.15, 0.2) is 29.3 Å². The van der Waals surface area contributed by atoms with E-state index >= 15 is 0 Å². The molecule has 0 saturated heterocycles. The number of aliphatic imine (C=N–C) groups is 1. The van der Waals surface area contributed by atoms with Gasteiger partial charge in [0.2, 0.25) is 0 Å². The second kappa shape index (κ2) is 7.71. The van der Waals surface area contributed by atoms with Crippen LogP contribution < -0.4 is 10.5 Å². The molecule has 0 heterocycles. The molecule has 2 rings (SSSR count). The van der Waals surface area contributed by atoms with Crippen LogP contribution in [-0.2, 0) is 0 Å². The molecule has 1 aliphatic rings. The van der Waals surface area contributed by atoms with Gasteiger partial charge in [0.15, 0.2) is 5.96 Å². The lowest BCUT2D eigenvalue weighted by atomic mass is 10.2. The van der Waals surface area contributed by atoms with E-state index in [2.05, 4.69) is 9.89 Å². The molecule has 0 spiro atoms. The summed E-state index contributed by atoms with van der Waals surface area (Å²) in [6, 6.07) is 8.60. The number of halogens is 1. The first-order valence-corrected chi connectivity index (χ1v) is 6.83. The third-order valence-corrected chi connectivity index (χ3v) is 3.39. The summed E-state index contributed by atoms with van der Waals surface area (Å²) in [5.74, 6) is 1.53. The van der Waals surface area contributed by atoms with Gasteiger partial charge in [-0.05, 0) is 38.3 Å². The predicted molar refractivity (Wildman–Crippen MR) is 94.0 cm³/mol. The van der Waals surface area contributed by atoms with Crippen molar-refractivity contribution in [3.63, 3.8) is 0 Å². The Labute approximate surface area is 138 Å². The normalized spacial score (nSPS) is 16.2. The summed E-state index contributed by atoms with van der Waals surface area (Å²) in [4.78, 5) is 6.46. The van der Waals surface area contributed by atoms with E-state index in [0.29, 0.717) is 18.5 Å². The molecule has 1 aliphatic carbocycles. The maximum Gasteiger partial charge on any atom is 0.191 e. The first-order chi connectivity index (χ1) is 9.08. The Morgan fingerprint density at radius 3 is 2.70 bits per heavy atom. The van der Waals surface area contributed by atoms with Crippen molar-refractivity contribution in [3.8, 4) is 5.75 Å². The number of aryl methyl sites for hydroxylation is 1. The Hall–Kier alpha value is -0.980. The lowest BCUT2D eigenvalue weighted by Gasteiger charge is -2.19. The van der Waals surface area contributed by atoms with Crippen LogP contribution in [0.2, 0.25) is 0 Å². The minimum absolute atomic E-state index is 0.